The molecule has 0 aliphatic heterocycles. The molecule has 96 valence electrons. The van der Waals surface area contributed by atoms with Gasteiger partial charge in [0, 0.05) is 11.6 Å². The first-order valence-corrected chi connectivity index (χ1v) is 5.83. The van der Waals surface area contributed by atoms with Crippen LogP contribution in [0, 0.1) is 6.92 Å². The van der Waals surface area contributed by atoms with E-state index >= 15 is 0 Å². The van der Waals surface area contributed by atoms with E-state index in [0.717, 1.165) is 16.9 Å². The molecule has 0 saturated heterocycles. The lowest BCUT2D eigenvalue weighted by Gasteiger charge is -2.05. The molecule has 0 amide bonds. The highest BCUT2D eigenvalue weighted by Crippen LogP contribution is 2.21. The second-order valence-corrected chi connectivity index (χ2v) is 3.72. The van der Waals surface area contributed by atoms with Crippen LogP contribution in [0.1, 0.15) is 18.1 Å². The normalized spacial score (nSPS) is 11.1. The average Bonchev–Trinajstić information content (AvgIpc) is 2.36. The molecule has 1 aromatic rings. The summed E-state index contributed by atoms with van der Waals surface area (Å²) in [7, 11) is 1.64. The maximum Gasteiger partial charge on any atom is 0.330 e. The summed E-state index contributed by atoms with van der Waals surface area (Å²) in [6.45, 7) is 4.17. The van der Waals surface area contributed by atoms with Gasteiger partial charge in [0.25, 0.3) is 0 Å². The highest BCUT2D eigenvalue weighted by Gasteiger charge is 1.98. The molecule has 0 aliphatic rings. The Labute approximate surface area is 108 Å². The lowest BCUT2D eigenvalue weighted by Crippen LogP contribution is -1.98. The van der Waals surface area contributed by atoms with Gasteiger partial charge in [0.05, 0.1) is 13.7 Å². The molecular formula is C15H18O3. The van der Waals surface area contributed by atoms with Gasteiger partial charge in [-0.2, -0.15) is 0 Å². The molecule has 0 radical (unpaired) electrons. The van der Waals surface area contributed by atoms with Crippen LogP contribution >= 0.6 is 0 Å². The van der Waals surface area contributed by atoms with Gasteiger partial charge < -0.3 is 9.47 Å². The second-order valence-electron chi connectivity index (χ2n) is 3.72. The lowest BCUT2D eigenvalue weighted by molar-refractivity contribution is -0.137. The Kier molecular flexibility index (Phi) is 5.71. The molecule has 0 fully saturated rings. The Bertz CT molecular complexity index is 459. The van der Waals surface area contributed by atoms with E-state index in [0.29, 0.717) is 6.61 Å². The summed E-state index contributed by atoms with van der Waals surface area (Å²) in [4.78, 5) is 11.1. The molecule has 0 heterocycles. The maximum absolute atomic E-state index is 11.1. The van der Waals surface area contributed by atoms with Crippen LogP contribution in [0.2, 0.25) is 0 Å². The van der Waals surface area contributed by atoms with E-state index in [-0.39, 0.29) is 5.97 Å². The van der Waals surface area contributed by atoms with Gasteiger partial charge in [-0.3, -0.25) is 0 Å². The fraction of sp³-hybridized carbons (Fsp3) is 0.267. The number of allylic oxidation sites excluding steroid dienone is 2. The quantitative estimate of drug-likeness (QED) is 0.455. The molecule has 1 rings (SSSR count). The third kappa shape index (κ3) is 4.45. The van der Waals surface area contributed by atoms with E-state index in [1.54, 1.807) is 26.2 Å². The van der Waals surface area contributed by atoms with Crippen molar-refractivity contribution in [3.05, 3.63) is 47.6 Å². The number of hydrogen-bond donors (Lipinski definition) is 0. The van der Waals surface area contributed by atoms with E-state index in [4.69, 9.17) is 9.47 Å². The molecule has 1 aromatic carbocycles. The van der Waals surface area contributed by atoms with Crippen molar-refractivity contribution in [1.82, 2.24) is 0 Å². The molecule has 0 aliphatic carbocycles. The van der Waals surface area contributed by atoms with Gasteiger partial charge in [-0.15, -0.1) is 0 Å². The van der Waals surface area contributed by atoms with Crippen molar-refractivity contribution in [2.75, 3.05) is 13.7 Å². The van der Waals surface area contributed by atoms with Crippen LogP contribution in [0.4, 0.5) is 0 Å². The second kappa shape index (κ2) is 7.33. The molecular weight excluding hydrogens is 228 g/mol. The molecule has 0 unspecified atom stereocenters. The number of ether oxygens (including phenoxy) is 2. The average molecular weight is 246 g/mol. The van der Waals surface area contributed by atoms with Gasteiger partial charge in [0.15, 0.2) is 0 Å². The van der Waals surface area contributed by atoms with Crippen molar-refractivity contribution in [3.63, 3.8) is 0 Å². The first-order chi connectivity index (χ1) is 8.67. The first-order valence-electron chi connectivity index (χ1n) is 5.83. The number of methoxy groups -OCH3 is 1. The first kappa shape index (κ1) is 14.0. The zero-order valence-corrected chi connectivity index (χ0v) is 11.0. The van der Waals surface area contributed by atoms with E-state index in [2.05, 4.69) is 0 Å². The van der Waals surface area contributed by atoms with Gasteiger partial charge in [0.1, 0.15) is 5.75 Å². The van der Waals surface area contributed by atoms with Gasteiger partial charge in [-0.05, 0) is 25.5 Å². The minimum absolute atomic E-state index is 0.335. The Hall–Kier alpha value is -2.03. The van der Waals surface area contributed by atoms with Crippen molar-refractivity contribution in [1.29, 1.82) is 0 Å². The number of carbonyl (C=O) groups is 1. The summed E-state index contributed by atoms with van der Waals surface area (Å²) in [6.07, 6.45) is 6.70. The number of carbonyl (C=O) groups excluding carboxylic acids is 1. The van der Waals surface area contributed by atoms with Gasteiger partial charge in [-0.1, -0.05) is 30.4 Å². The smallest absolute Gasteiger partial charge is 0.330 e. The number of benzene rings is 1. The fourth-order valence-electron chi connectivity index (χ4n) is 1.44. The summed E-state index contributed by atoms with van der Waals surface area (Å²) in [5.74, 6) is 0.480. The van der Waals surface area contributed by atoms with Crippen LogP contribution in [0.25, 0.3) is 6.08 Å². The van der Waals surface area contributed by atoms with E-state index in [1.807, 2.05) is 31.2 Å². The number of hydrogen-bond acceptors (Lipinski definition) is 3. The summed E-state index contributed by atoms with van der Waals surface area (Å²) >= 11 is 0. The van der Waals surface area contributed by atoms with Gasteiger partial charge in [0.2, 0.25) is 0 Å². The molecule has 0 aromatic heterocycles. The minimum atomic E-state index is -0.335. The van der Waals surface area contributed by atoms with Crippen LogP contribution in [-0.2, 0) is 9.53 Å². The maximum atomic E-state index is 11.1. The van der Waals surface area contributed by atoms with Crippen LogP contribution in [-0.4, -0.2) is 19.7 Å². The van der Waals surface area contributed by atoms with Crippen molar-refractivity contribution < 1.29 is 14.3 Å². The van der Waals surface area contributed by atoms with Crippen molar-refractivity contribution in [2.45, 2.75) is 13.8 Å². The number of esters is 1. The molecule has 3 heteroatoms. The monoisotopic (exact) mass is 246 g/mol. The minimum Gasteiger partial charge on any atom is -0.496 e. The highest BCUT2D eigenvalue weighted by atomic mass is 16.5. The molecule has 0 bridgehead atoms. The predicted octanol–water partition coefficient (Wildman–Crippen LogP) is 3.14. The Morgan fingerprint density at radius 3 is 2.78 bits per heavy atom. The molecule has 0 saturated carbocycles. The van der Waals surface area contributed by atoms with Crippen LogP contribution in [0.3, 0.4) is 0 Å². The highest BCUT2D eigenvalue weighted by molar-refractivity contribution is 5.82. The SMILES string of the molecule is CCOC(=O)/C=C/C=C/c1ccc(C)cc1OC. The molecule has 3 nitrogen and oxygen atoms in total. The zero-order valence-electron chi connectivity index (χ0n) is 11.0. The molecule has 0 spiro atoms. The summed E-state index contributed by atoms with van der Waals surface area (Å²) in [6, 6.07) is 5.95. The lowest BCUT2D eigenvalue weighted by atomic mass is 10.1. The topological polar surface area (TPSA) is 35.5 Å². The Morgan fingerprint density at radius 2 is 2.11 bits per heavy atom. The third-order valence-corrected chi connectivity index (χ3v) is 2.29. The van der Waals surface area contributed by atoms with Gasteiger partial charge in [-0.25, -0.2) is 4.79 Å². The summed E-state index contributed by atoms with van der Waals surface area (Å²) < 4.78 is 10.0. The van der Waals surface area contributed by atoms with Crippen molar-refractivity contribution >= 4 is 12.0 Å². The number of rotatable bonds is 5. The van der Waals surface area contributed by atoms with Crippen molar-refractivity contribution in [3.8, 4) is 5.75 Å². The largest absolute Gasteiger partial charge is 0.496 e. The molecule has 0 N–H and O–H groups in total. The van der Waals surface area contributed by atoms with Gasteiger partial charge >= 0.3 is 5.97 Å². The van der Waals surface area contributed by atoms with E-state index in [9.17, 15) is 4.79 Å². The molecule has 0 atom stereocenters. The van der Waals surface area contributed by atoms with Crippen LogP contribution in [0.15, 0.2) is 36.4 Å². The van der Waals surface area contributed by atoms with Crippen LogP contribution in [0.5, 0.6) is 5.75 Å². The Morgan fingerprint density at radius 1 is 1.33 bits per heavy atom. The van der Waals surface area contributed by atoms with Crippen molar-refractivity contribution in [2.24, 2.45) is 0 Å². The summed E-state index contributed by atoms with van der Waals surface area (Å²) in [5.41, 5.74) is 2.11. The zero-order chi connectivity index (χ0) is 13.4. The third-order valence-electron chi connectivity index (χ3n) is 2.29. The predicted molar refractivity (Wildman–Crippen MR) is 72.5 cm³/mol. The fourth-order valence-corrected chi connectivity index (χ4v) is 1.44. The van der Waals surface area contributed by atoms with E-state index < -0.39 is 0 Å². The number of aryl methyl sites for hydroxylation is 1. The Balaban J connectivity index is 2.70. The van der Waals surface area contributed by atoms with Crippen LogP contribution < -0.4 is 4.74 Å². The summed E-state index contributed by atoms with van der Waals surface area (Å²) in [5, 5.41) is 0. The standard InChI is InChI=1S/C15H18O3/c1-4-18-15(16)8-6-5-7-13-10-9-12(2)11-14(13)17-3/h5-11H,4H2,1-3H3/b7-5+,8-6+. The molecule has 18 heavy (non-hydrogen) atoms. The van der Waals surface area contributed by atoms with E-state index in [1.165, 1.54) is 6.08 Å².